The van der Waals surface area contributed by atoms with Gasteiger partial charge in [0, 0.05) is 25.3 Å². The Bertz CT molecular complexity index is 950. The SMILES string of the molecule is CN(Cc1c(Cl)cnn1C)C(=O)c1ccn(COc2ccc(Cl)cc2Cl)n1. The first-order valence-electron chi connectivity index (χ1n) is 7.88. The Balaban J connectivity index is 1.63. The van der Waals surface area contributed by atoms with Gasteiger partial charge >= 0.3 is 0 Å². The summed E-state index contributed by atoms with van der Waals surface area (Å²) in [6.07, 6.45) is 3.20. The third-order valence-electron chi connectivity index (χ3n) is 3.85. The van der Waals surface area contributed by atoms with Crippen LogP contribution >= 0.6 is 34.8 Å². The summed E-state index contributed by atoms with van der Waals surface area (Å²) in [4.78, 5) is 14.1. The first kappa shape index (κ1) is 19.5. The lowest BCUT2D eigenvalue weighted by atomic mass is 10.3. The highest BCUT2D eigenvalue weighted by Crippen LogP contribution is 2.27. The molecule has 3 aromatic rings. The largest absolute Gasteiger partial charge is 0.470 e. The molecule has 0 saturated carbocycles. The molecule has 10 heteroatoms. The molecule has 0 N–H and O–H groups in total. The molecule has 0 atom stereocenters. The Labute approximate surface area is 171 Å². The second kappa shape index (κ2) is 8.21. The molecule has 2 aromatic heterocycles. The summed E-state index contributed by atoms with van der Waals surface area (Å²) in [5.74, 6) is 0.239. The smallest absolute Gasteiger partial charge is 0.274 e. The van der Waals surface area contributed by atoms with E-state index in [9.17, 15) is 4.79 Å². The summed E-state index contributed by atoms with van der Waals surface area (Å²) in [6, 6.07) is 6.57. The first-order valence-corrected chi connectivity index (χ1v) is 9.01. The lowest BCUT2D eigenvalue weighted by Crippen LogP contribution is -2.28. The molecule has 0 spiro atoms. The molecule has 3 rings (SSSR count). The van der Waals surface area contributed by atoms with Crippen LogP contribution in [0.1, 0.15) is 16.2 Å². The lowest BCUT2D eigenvalue weighted by molar-refractivity contribution is 0.0774. The van der Waals surface area contributed by atoms with E-state index in [2.05, 4.69) is 10.2 Å². The summed E-state index contributed by atoms with van der Waals surface area (Å²) in [6.45, 7) is 0.420. The maximum absolute atomic E-state index is 12.6. The van der Waals surface area contributed by atoms with E-state index in [-0.39, 0.29) is 12.6 Å². The van der Waals surface area contributed by atoms with Crippen LogP contribution in [0.15, 0.2) is 36.7 Å². The minimum Gasteiger partial charge on any atom is -0.470 e. The van der Waals surface area contributed by atoms with Crippen LogP contribution in [0.2, 0.25) is 15.1 Å². The van der Waals surface area contributed by atoms with Crippen LogP contribution < -0.4 is 4.74 Å². The maximum Gasteiger partial charge on any atom is 0.274 e. The summed E-state index contributed by atoms with van der Waals surface area (Å²) in [5.41, 5.74) is 1.04. The van der Waals surface area contributed by atoms with E-state index in [1.807, 2.05) is 0 Å². The van der Waals surface area contributed by atoms with E-state index >= 15 is 0 Å². The standard InChI is InChI=1S/C17H16Cl3N5O2/c1-23(9-15-13(20)8-21-24(15)2)17(26)14-5-6-25(22-14)10-27-16-4-3-11(18)7-12(16)19/h3-8H,9-10H2,1-2H3. The Morgan fingerprint density at radius 3 is 2.67 bits per heavy atom. The molecular formula is C17H16Cl3N5O2. The monoisotopic (exact) mass is 427 g/mol. The van der Waals surface area contributed by atoms with Gasteiger partial charge in [0.15, 0.2) is 12.4 Å². The van der Waals surface area contributed by atoms with Crippen LogP contribution in [-0.2, 0) is 20.3 Å². The van der Waals surface area contributed by atoms with Crippen LogP contribution in [0.25, 0.3) is 0 Å². The fraction of sp³-hybridized carbons (Fsp3) is 0.235. The van der Waals surface area contributed by atoms with Gasteiger partial charge < -0.3 is 9.64 Å². The fourth-order valence-corrected chi connectivity index (χ4v) is 3.07. The van der Waals surface area contributed by atoms with Crippen molar-refractivity contribution in [3.63, 3.8) is 0 Å². The summed E-state index contributed by atoms with van der Waals surface area (Å²) in [7, 11) is 3.45. The number of halogens is 3. The average Bonchev–Trinajstić information content (AvgIpc) is 3.22. The van der Waals surface area contributed by atoms with Crippen LogP contribution in [0, 0.1) is 0 Å². The van der Waals surface area contributed by atoms with E-state index in [0.717, 1.165) is 5.69 Å². The molecular weight excluding hydrogens is 413 g/mol. The highest BCUT2D eigenvalue weighted by atomic mass is 35.5. The van der Waals surface area contributed by atoms with Crippen LogP contribution in [0.3, 0.4) is 0 Å². The Kier molecular flexibility index (Phi) is 5.94. The number of nitrogens with zero attached hydrogens (tertiary/aromatic N) is 5. The molecule has 0 aliphatic rings. The molecule has 1 amide bonds. The Morgan fingerprint density at radius 2 is 2.00 bits per heavy atom. The number of amides is 1. The topological polar surface area (TPSA) is 65.2 Å². The summed E-state index contributed by atoms with van der Waals surface area (Å²) in [5, 5.41) is 9.74. The van der Waals surface area contributed by atoms with Crippen molar-refractivity contribution in [2.24, 2.45) is 7.05 Å². The van der Waals surface area contributed by atoms with Gasteiger partial charge in [0.1, 0.15) is 5.75 Å². The van der Waals surface area contributed by atoms with Crippen molar-refractivity contribution in [2.75, 3.05) is 7.05 Å². The molecule has 7 nitrogen and oxygen atoms in total. The number of aryl methyl sites for hydroxylation is 1. The van der Waals surface area contributed by atoms with E-state index in [1.54, 1.807) is 55.4 Å². The van der Waals surface area contributed by atoms with E-state index in [0.29, 0.717) is 33.1 Å². The number of rotatable bonds is 6. The molecule has 142 valence electrons. The zero-order valence-corrected chi connectivity index (χ0v) is 16.8. The summed E-state index contributed by atoms with van der Waals surface area (Å²) < 4.78 is 8.74. The van der Waals surface area contributed by atoms with Gasteiger partial charge in [-0.05, 0) is 24.3 Å². The molecule has 27 heavy (non-hydrogen) atoms. The molecule has 0 fully saturated rings. The minimum absolute atomic E-state index is 0.103. The fourth-order valence-electron chi connectivity index (χ4n) is 2.38. The van der Waals surface area contributed by atoms with Crippen molar-refractivity contribution < 1.29 is 9.53 Å². The highest BCUT2D eigenvalue weighted by molar-refractivity contribution is 6.35. The van der Waals surface area contributed by atoms with E-state index < -0.39 is 0 Å². The Morgan fingerprint density at radius 1 is 1.22 bits per heavy atom. The van der Waals surface area contributed by atoms with Gasteiger partial charge in [-0.15, -0.1) is 0 Å². The third-order valence-corrected chi connectivity index (χ3v) is 4.70. The third kappa shape index (κ3) is 4.55. The summed E-state index contributed by atoms with van der Waals surface area (Å²) >= 11 is 18.0. The number of hydrogen-bond donors (Lipinski definition) is 0. The van der Waals surface area contributed by atoms with Crippen molar-refractivity contribution in [3.8, 4) is 5.75 Å². The van der Waals surface area contributed by atoms with Crippen LogP contribution in [0.5, 0.6) is 5.75 Å². The number of carbonyl (C=O) groups is 1. The van der Waals surface area contributed by atoms with Gasteiger partial charge in [-0.3, -0.25) is 9.48 Å². The van der Waals surface area contributed by atoms with Gasteiger partial charge in [0.05, 0.1) is 28.5 Å². The van der Waals surface area contributed by atoms with Crippen molar-refractivity contribution in [1.82, 2.24) is 24.5 Å². The van der Waals surface area contributed by atoms with E-state index in [1.165, 1.54) is 9.58 Å². The lowest BCUT2D eigenvalue weighted by Gasteiger charge is -2.16. The second-order valence-electron chi connectivity index (χ2n) is 5.81. The molecule has 0 radical (unpaired) electrons. The number of aromatic nitrogens is 4. The zero-order valence-electron chi connectivity index (χ0n) is 14.6. The molecule has 1 aromatic carbocycles. The van der Waals surface area contributed by atoms with Crippen LogP contribution in [0.4, 0.5) is 0 Å². The van der Waals surface area contributed by atoms with Gasteiger partial charge in [-0.25, -0.2) is 4.68 Å². The van der Waals surface area contributed by atoms with Crippen molar-refractivity contribution in [2.45, 2.75) is 13.3 Å². The highest BCUT2D eigenvalue weighted by Gasteiger charge is 2.18. The predicted molar refractivity (Wildman–Crippen MR) is 103 cm³/mol. The molecule has 0 aliphatic heterocycles. The zero-order chi connectivity index (χ0) is 19.6. The quantitative estimate of drug-likeness (QED) is 0.597. The van der Waals surface area contributed by atoms with Gasteiger partial charge in [-0.2, -0.15) is 10.2 Å². The van der Waals surface area contributed by atoms with Gasteiger partial charge in [0.25, 0.3) is 5.91 Å². The van der Waals surface area contributed by atoms with E-state index in [4.69, 9.17) is 39.5 Å². The van der Waals surface area contributed by atoms with Crippen molar-refractivity contribution >= 4 is 40.7 Å². The maximum atomic E-state index is 12.6. The number of carbonyl (C=O) groups excluding carboxylic acids is 1. The molecule has 2 heterocycles. The molecule has 0 bridgehead atoms. The minimum atomic E-state index is -0.240. The first-order chi connectivity index (χ1) is 12.8. The van der Waals surface area contributed by atoms with Gasteiger partial charge in [0.2, 0.25) is 0 Å². The number of benzene rings is 1. The molecule has 0 saturated heterocycles. The molecule has 0 unspecified atom stereocenters. The normalized spacial score (nSPS) is 10.9. The number of ether oxygens (including phenoxy) is 1. The Hall–Kier alpha value is -2.22. The average molecular weight is 429 g/mol. The molecule has 0 aliphatic carbocycles. The predicted octanol–water partition coefficient (Wildman–Crippen LogP) is 3.89. The van der Waals surface area contributed by atoms with Crippen LogP contribution in [-0.4, -0.2) is 37.4 Å². The second-order valence-corrected chi connectivity index (χ2v) is 7.06. The van der Waals surface area contributed by atoms with Crippen molar-refractivity contribution in [1.29, 1.82) is 0 Å². The van der Waals surface area contributed by atoms with Gasteiger partial charge in [-0.1, -0.05) is 34.8 Å². The number of hydrogen-bond acceptors (Lipinski definition) is 4. The van der Waals surface area contributed by atoms with Crippen molar-refractivity contribution in [3.05, 3.63) is 63.1 Å².